The monoisotopic (exact) mass is 414 g/mol. The number of unbranched alkanes of at least 4 members (excludes halogenated alkanes) is 1. The number of hydrogen-bond acceptors (Lipinski definition) is 5. The van der Waals surface area contributed by atoms with Crippen LogP contribution in [0.1, 0.15) is 39.2 Å². The van der Waals surface area contributed by atoms with Gasteiger partial charge in [-0.25, -0.2) is 4.79 Å². The number of cyclic esters (lactones) is 1. The molecule has 1 aliphatic rings. The lowest BCUT2D eigenvalue weighted by atomic mass is 9.94. The molecule has 2 amide bonds. The van der Waals surface area contributed by atoms with Crippen LogP contribution in [-0.4, -0.2) is 24.4 Å². The highest BCUT2D eigenvalue weighted by Crippen LogP contribution is 2.40. The van der Waals surface area contributed by atoms with Crippen LogP contribution in [0.3, 0.4) is 0 Å². The highest BCUT2D eigenvalue weighted by Gasteiger charge is 2.34. The average molecular weight is 415 g/mol. The molecule has 1 aliphatic heterocycles. The van der Waals surface area contributed by atoms with Crippen LogP contribution in [0.15, 0.2) is 47.4 Å². The van der Waals surface area contributed by atoms with Crippen LogP contribution < -0.4 is 15.4 Å². The van der Waals surface area contributed by atoms with Crippen LogP contribution in [0.5, 0.6) is 5.75 Å². The molecular weight excluding hydrogens is 388 g/mol. The summed E-state index contributed by atoms with van der Waals surface area (Å²) in [7, 11) is 0. The molecule has 0 saturated heterocycles. The first-order valence-electron chi connectivity index (χ1n) is 9.62. The summed E-state index contributed by atoms with van der Waals surface area (Å²) in [6.07, 6.45) is 1.46. The smallest absolute Gasteiger partial charge is 0.412 e. The van der Waals surface area contributed by atoms with Crippen molar-refractivity contribution in [3.63, 3.8) is 0 Å². The Labute approximate surface area is 175 Å². The molecule has 0 atom stereocenters. The molecule has 0 aliphatic carbocycles. The predicted molar refractivity (Wildman–Crippen MR) is 116 cm³/mol. The molecule has 3 rings (SSSR count). The molecule has 0 saturated carbocycles. The molecule has 0 bridgehead atoms. The van der Waals surface area contributed by atoms with Gasteiger partial charge in [0.25, 0.3) is 0 Å². The van der Waals surface area contributed by atoms with E-state index in [0.29, 0.717) is 18.0 Å². The molecule has 0 radical (unpaired) electrons. The van der Waals surface area contributed by atoms with Gasteiger partial charge in [-0.2, -0.15) is 0 Å². The van der Waals surface area contributed by atoms with Gasteiger partial charge in [-0.05, 0) is 62.8 Å². The minimum Gasteiger partial charge on any atom is -0.491 e. The van der Waals surface area contributed by atoms with Gasteiger partial charge in [0.2, 0.25) is 5.91 Å². The summed E-state index contributed by atoms with van der Waals surface area (Å²) in [5.41, 5.74) is 1.74. The van der Waals surface area contributed by atoms with Crippen molar-refractivity contribution < 1.29 is 19.1 Å². The van der Waals surface area contributed by atoms with E-state index in [2.05, 4.69) is 10.6 Å². The first-order valence-corrected chi connectivity index (χ1v) is 10.6. The number of carbonyl (C=O) groups is 2. The first kappa shape index (κ1) is 21.0. The van der Waals surface area contributed by atoms with E-state index in [1.807, 2.05) is 56.3 Å². The van der Waals surface area contributed by atoms with E-state index in [-0.39, 0.29) is 5.91 Å². The standard InChI is InChI=1S/C22H26N2O4S/c1-15(25)23-16-9-11-17(12-10-16)29-14-5-4-13-27-19-8-6-7-18-20(19)24-21(26)28-22(18,2)3/h6-12H,4-5,13-14H2,1-3H3,(H,23,25)(H,24,26). The Morgan fingerprint density at radius 3 is 2.66 bits per heavy atom. The van der Waals surface area contributed by atoms with Gasteiger partial charge in [-0.15, -0.1) is 11.8 Å². The lowest BCUT2D eigenvalue weighted by Crippen LogP contribution is -2.34. The molecule has 0 fully saturated rings. The summed E-state index contributed by atoms with van der Waals surface area (Å²) in [6.45, 7) is 5.82. The molecule has 0 unspecified atom stereocenters. The maximum atomic E-state index is 11.8. The Morgan fingerprint density at radius 1 is 1.17 bits per heavy atom. The third-order valence-corrected chi connectivity index (χ3v) is 5.59. The van der Waals surface area contributed by atoms with E-state index in [0.717, 1.165) is 29.8 Å². The van der Waals surface area contributed by atoms with Gasteiger partial charge in [-0.1, -0.05) is 12.1 Å². The molecule has 1 heterocycles. The number of carbonyl (C=O) groups excluding carboxylic acids is 2. The molecule has 7 heteroatoms. The van der Waals surface area contributed by atoms with Crippen molar-refractivity contribution in [1.82, 2.24) is 0 Å². The normalized spacial score (nSPS) is 14.4. The number of benzene rings is 2. The van der Waals surface area contributed by atoms with Crippen LogP contribution in [0.4, 0.5) is 16.2 Å². The van der Waals surface area contributed by atoms with Gasteiger partial charge in [0.05, 0.1) is 12.3 Å². The highest BCUT2D eigenvalue weighted by atomic mass is 32.2. The molecule has 2 aromatic carbocycles. The Kier molecular flexibility index (Phi) is 6.69. The third-order valence-electron chi connectivity index (χ3n) is 4.49. The third kappa shape index (κ3) is 5.67. The number of anilines is 2. The van der Waals surface area contributed by atoms with Gasteiger partial charge in [0.15, 0.2) is 0 Å². The molecule has 154 valence electrons. The van der Waals surface area contributed by atoms with Crippen LogP contribution in [-0.2, 0) is 15.1 Å². The maximum absolute atomic E-state index is 11.8. The fraction of sp³-hybridized carbons (Fsp3) is 0.364. The lowest BCUT2D eigenvalue weighted by Gasteiger charge is -2.33. The molecular formula is C22H26N2O4S. The fourth-order valence-electron chi connectivity index (χ4n) is 3.11. The Hall–Kier alpha value is -2.67. The minimum absolute atomic E-state index is 0.0688. The van der Waals surface area contributed by atoms with Gasteiger partial charge in [-0.3, -0.25) is 10.1 Å². The quantitative estimate of drug-likeness (QED) is 0.447. The average Bonchev–Trinajstić information content (AvgIpc) is 2.65. The van der Waals surface area contributed by atoms with Crippen molar-refractivity contribution in [1.29, 1.82) is 0 Å². The molecule has 0 spiro atoms. The number of rotatable bonds is 8. The number of hydrogen-bond donors (Lipinski definition) is 2. The predicted octanol–water partition coefficient (Wildman–Crippen LogP) is 5.39. The van der Waals surface area contributed by atoms with Crippen molar-refractivity contribution >= 4 is 35.1 Å². The first-order chi connectivity index (χ1) is 13.8. The van der Waals surface area contributed by atoms with E-state index in [1.54, 1.807) is 11.8 Å². The highest BCUT2D eigenvalue weighted by molar-refractivity contribution is 7.99. The van der Waals surface area contributed by atoms with E-state index >= 15 is 0 Å². The molecule has 2 aromatic rings. The van der Waals surface area contributed by atoms with Crippen LogP contribution >= 0.6 is 11.8 Å². The van der Waals surface area contributed by atoms with E-state index in [1.165, 1.54) is 11.8 Å². The second-order valence-corrected chi connectivity index (χ2v) is 8.48. The lowest BCUT2D eigenvalue weighted by molar-refractivity contribution is -0.114. The zero-order chi connectivity index (χ0) is 20.9. The fourth-order valence-corrected chi connectivity index (χ4v) is 4.02. The van der Waals surface area contributed by atoms with Crippen LogP contribution in [0, 0.1) is 0 Å². The van der Waals surface area contributed by atoms with Crippen molar-refractivity contribution in [3.05, 3.63) is 48.0 Å². The second-order valence-electron chi connectivity index (χ2n) is 7.31. The van der Waals surface area contributed by atoms with Crippen molar-refractivity contribution in [2.45, 2.75) is 44.1 Å². The SMILES string of the molecule is CC(=O)Nc1ccc(SCCCCOc2cccc3c2NC(=O)OC3(C)C)cc1. The summed E-state index contributed by atoms with van der Waals surface area (Å²) in [5, 5.41) is 5.52. The Morgan fingerprint density at radius 2 is 1.93 bits per heavy atom. The minimum atomic E-state index is -0.677. The van der Waals surface area contributed by atoms with Gasteiger partial charge < -0.3 is 14.8 Å². The number of fused-ring (bicyclic) bond motifs is 1. The summed E-state index contributed by atoms with van der Waals surface area (Å²) in [6, 6.07) is 13.6. The summed E-state index contributed by atoms with van der Waals surface area (Å²) in [4.78, 5) is 24.0. The largest absolute Gasteiger partial charge is 0.491 e. The molecule has 0 aromatic heterocycles. The summed E-state index contributed by atoms with van der Waals surface area (Å²) in [5.74, 6) is 1.59. The second kappa shape index (κ2) is 9.22. The zero-order valence-electron chi connectivity index (χ0n) is 16.9. The molecule has 6 nitrogen and oxygen atoms in total. The number of nitrogens with one attached hydrogen (secondary N) is 2. The number of para-hydroxylation sites is 1. The number of ether oxygens (including phenoxy) is 2. The van der Waals surface area contributed by atoms with E-state index in [9.17, 15) is 9.59 Å². The molecule has 2 N–H and O–H groups in total. The zero-order valence-corrected chi connectivity index (χ0v) is 17.7. The Balaban J connectivity index is 1.44. The van der Waals surface area contributed by atoms with Gasteiger partial charge in [0, 0.05) is 23.1 Å². The number of thioether (sulfide) groups is 1. The van der Waals surface area contributed by atoms with Gasteiger partial charge >= 0.3 is 6.09 Å². The maximum Gasteiger partial charge on any atom is 0.412 e. The summed E-state index contributed by atoms with van der Waals surface area (Å²) >= 11 is 1.78. The van der Waals surface area contributed by atoms with Gasteiger partial charge in [0.1, 0.15) is 11.4 Å². The van der Waals surface area contributed by atoms with Crippen LogP contribution in [0.25, 0.3) is 0 Å². The van der Waals surface area contributed by atoms with Crippen molar-refractivity contribution in [2.24, 2.45) is 0 Å². The summed E-state index contributed by atoms with van der Waals surface area (Å²) < 4.78 is 11.3. The van der Waals surface area contributed by atoms with E-state index < -0.39 is 11.7 Å². The van der Waals surface area contributed by atoms with Crippen LogP contribution in [0.2, 0.25) is 0 Å². The van der Waals surface area contributed by atoms with Crippen molar-refractivity contribution in [3.8, 4) is 5.75 Å². The molecule has 29 heavy (non-hydrogen) atoms. The Bertz CT molecular complexity index is 881. The van der Waals surface area contributed by atoms with E-state index in [4.69, 9.17) is 9.47 Å². The van der Waals surface area contributed by atoms with Crippen molar-refractivity contribution in [2.75, 3.05) is 23.0 Å². The topological polar surface area (TPSA) is 76.7 Å². The number of amides is 2.